The van der Waals surface area contributed by atoms with Gasteiger partial charge in [-0.05, 0) is 48.9 Å². The van der Waals surface area contributed by atoms with Gasteiger partial charge in [0.1, 0.15) is 0 Å². The van der Waals surface area contributed by atoms with E-state index in [0.29, 0.717) is 16.7 Å². The summed E-state index contributed by atoms with van der Waals surface area (Å²) in [5.41, 5.74) is 1.32. The molecule has 2 aromatic rings. The molecule has 0 aliphatic carbocycles. The number of hydrogen-bond donors (Lipinski definition) is 1. The maximum Gasteiger partial charge on any atom is 0.251 e. The number of amides is 1. The molecule has 21 heavy (non-hydrogen) atoms. The molecule has 1 N–H and O–H groups in total. The Bertz CT molecular complexity index is 705. The van der Waals surface area contributed by atoms with E-state index in [1.54, 1.807) is 6.92 Å². The number of benzene rings is 2. The molecule has 0 fully saturated rings. The quantitative estimate of drug-likeness (QED) is 0.941. The molecule has 0 aromatic heterocycles. The van der Waals surface area contributed by atoms with Crippen LogP contribution in [-0.2, 0) is 0 Å². The average Bonchev–Trinajstić information content (AvgIpc) is 2.50. The molecule has 5 heteroatoms. The van der Waals surface area contributed by atoms with Crippen molar-refractivity contribution in [1.82, 2.24) is 5.32 Å². The summed E-state index contributed by atoms with van der Waals surface area (Å²) in [7, 11) is 0. The van der Waals surface area contributed by atoms with Gasteiger partial charge in [0.15, 0.2) is 11.6 Å². The minimum atomic E-state index is -0.952. The third kappa shape index (κ3) is 3.42. The van der Waals surface area contributed by atoms with Crippen LogP contribution in [0.1, 0.15) is 34.5 Å². The largest absolute Gasteiger partial charge is 0.346 e. The van der Waals surface area contributed by atoms with Crippen molar-refractivity contribution in [2.75, 3.05) is 0 Å². The van der Waals surface area contributed by atoms with E-state index in [1.807, 2.05) is 6.07 Å². The van der Waals surface area contributed by atoms with Crippen LogP contribution >= 0.6 is 0 Å². The highest BCUT2D eigenvalue weighted by molar-refractivity contribution is 5.94. The van der Waals surface area contributed by atoms with Gasteiger partial charge in [0, 0.05) is 5.56 Å². The zero-order valence-corrected chi connectivity index (χ0v) is 11.2. The topological polar surface area (TPSA) is 52.9 Å². The fourth-order valence-corrected chi connectivity index (χ4v) is 1.84. The maximum atomic E-state index is 13.2. The van der Waals surface area contributed by atoms with Gasteiger partial charge in [0.2, 0.25) is 0 Å². The molecular formula is C16H12F2N2O. The fourth-order valence-electron chi connectivity index (χ4n) is 1.84. The second-order valence-electron chi connectivity index (χ2n) is 4.56. The van der Waals surface area contributed by atoms with Crippen molar-refractivity contribution in [3.05, 3.63) is 70.8 Å². The van der Waals surface area contributed by atoms with Gasteiger partial charge in [-0.2, -0.15) is 5.26 Å². The van der Waals surface area contributed by atoms with Crippen molar-refractivity contribution in [3.8, 4) is 6.07 Å². The molecule has 0 unspecified atom stereocenters. The normalized spacial score (nSPS) is 11.5. The molecule has 0 saturated carbocycles. The van der Waals surface area contributed by atoms with Crippen LogP contribution in [0.4, 0.5) is 8.78 Å². The molecule has 0 spiro atoms. The Morgan fingerprint density at radius 1 is 1.14 bits per heavy atom. The molecule has 0 radical (unpaired) electrons. The zero-order valence-electron chi connectivity index (χ0n) is 11.2. The lowest BCUT2D eigenvalue weighted by Crippen LogP contribution is -2.26. The van der Waals surface area contributed by atoms with Crippen LogP contribution in [0.15, 0.2) is 42.5 Å². The summed E-state index contributed by atoms with van der Waals surface area (Å²) in [6.07, 6.45) is 0. The lowest BCUT2D eigenvalue weighted by atomic mass is 10.1. The number of carbonyl (C=O) groups excluding carboxylic acids is 1. The second kappa shape index (κ2) is 6.14. The number of halogens is 2. The first-order valence-electron chi connectivity index (χ1n) is 6.27. The molecular weight excluding hydrogens is 274 g/mol. The van der Waals surface area contributed by atoms with Crippen molar-refractivity contribution in [1.29, 1.82) is 5.26 Å². The highest BCUT2D eigenvalue weighted by Gasteiger charge is 2.13. The summed E-state index contributed by atoms with van der Waals surface area (Å²) in [5.74, 6) is -2.23. The monoisotopic (exact) mass is 286 g/mol. The summed E-state index contributed by atoms with van der Waals surface area (Å²) >= 11 is 0. The van der Waals surface area contributed by atoms with Gasteiger partial charge in [-0.3, -0.25) is 4.79 Å². The van der Waals surface area contributed by atoms with E-state index < -0.39 is 17.7 Å². The van der Waals surface area contributed by atoms with Gasteiger partial charge in [-0.1, -0.05) is 6.07 Å². The highest BCUT2D eigenvalue weighted by atomic mass is 19.2. The Balaban J connectivity index is 2.10. The summed E-state index contributed by atoms with van der Waals surface area (Å²) in [4.78, 5) is 12.0. The Kier molecular flexibility index (Phi) is 4.29. The van der Waals surface area contributed by atoms with Crippen molar-refractivity contribution >= 4 is 5.91 Å². The van der Waals surface area contributed by atoms with Crippen molar-refractivity contribution in [2.24, 2.45) is 0 Å². The van der Waals surface area contributed by atoms with E-state index in [-0.39, 0.29) is 5.91 Å². The van der Waals surface area contributed by atoms with Gasteiger partial charge in [0.25, 0.3) is 5.91 Å². The molecule has 106 valence electrons. The van der Waals surface area contributed by atoms with Gasteiger partial charge in [0.05, 0.1) is 17.7 Å². The molecule has 3 nitrogen and oxygen atoms in total. The summed E-state index contributed by atoms with van der Waals surface area (Å²) in [5, 5.41) is 11.4. The highest BCUT2D eigenvalue weighted by Crippen LogP contribution is 2.16. The predicted octanol–water partition coefficient (Wildman–Crippen LogP) is 3.33. The standard InChI is InChI=1S/C16H12F2N2O/c1-10(13-6-7-14(17)15(18)8-13)20-16(21)12-4-2-11(9-19)3-5-12/h2-8,10H,1H3,(H,20,21)/t10-/m1/s1. The molecule has 0 saturated heterocycles. The number of rotatable bonds is 3. The Hall–Kier alpha value is -2.74. The van der Waals surface area contributed by atoms with Gasteiger partial charge >= 0.3 is 0 Å². The van der Waals surface area contributed by atoms with Crippen LogP contribution in [0.2, 0.25) is 0 Å². The van der Waals surface area contributed by atoms with Gasteiger partial charge in [-0.15, -0.1) is 0 Å². The van der Waals surface area contributed by atoms with Crippen molar-refractivity contribution < 1.29 is 13.6 Å². The Morgan fingerprint density at radius 2 is 1.81 bits per heavy atom. The molecule has 1 atom stereocenters. The van der Waals surface area contributed by atoms with Crippen LogP contribution in [0.5, 0.6) is 0 Å². The molecule has 1 amide bonds. The van der Waals surface area contributed by atoms with Crippen LogP contribution in [0.25, 0.3) is 0 Å². The van der Waals surface area contributed by atoms with Crippen LogP contribution in [-0.4, -0.2) is 5.91 Å². The third-order valence-corrected chi connectivity index (χ3v) is 3.07. The predicted molar refractivity (Wildman–Crippen MR) is 73.4 cm³/mol. The smallest absolute Gasteiger partial charge is 0.251 e. The second-order valence-corrected chi connectivity index (χ2v) is 4.56. The first-order valence-corrected chi connectivity index (χ1v) is 6.27. The van der Waals surface area contributed by atoms with E-state index in [9.17, 15) is 13.6 Å². The third-order valence-electron chi connectivity index (χ3n) is 3.07. The minimum Gasteiger partial charge on any atom is -0.346 e. The van der Waals surface area contributed by atoms with E-state index in [4.69, 9.17) is 5.26 Å². The number of nitrogens with zero attached hydrogens (tertiary/aromatic N) is 1. The Labute approximate surface area is 120 Å². The number of carbonyl (C=O) groups is 1. The van der Waals surface area contributed by atoms with E-state index in [1.165, 1.54) is 30.3 Å². The van der Waals surface area contributed by atoms with Crippen molar-refractivity contribution in [3.63, 3.8) is 0 Å². The molecule has 0 heterocycles. The molecule has 0 bridgehead atoms. The van der Waals surface area contributed by atoms with Crippen LogP contribution < -0.4 is 5.32 Å². The zero-order chi connectivity index (χ0) is 15.4. The van der Waals surface area contributed by atoms with Gasteiger partial charge < -0.3 is 5.32 Å². The van der Waals surface area contributed by atoms with Gasteiger partial charge in [-0.25, -0.2) is 8.78 Å². The van der Waals surface area contributed by atoms with Crippen molar-refractivity contribution in [2.45, 2.75) is 13.0 Å². The average molecular weight is 286 g/mol. The summed E-state index contributed by atoms with van der Waals surface area (Å²) < 4.78 is 26.0. The fraction of sp³-hybridized carbons (Fsp3) is 0.125. The lowest BCUT2D eigenvalue weighted by Gasteiger charge is -2.14. The minimum absolute atomic E-state index is 0.350. The lowest BCUT2D eigenvalue weighted by molar-refractivity contribution is 0.0940. The first kappa shape index (κ1) is 14.7. The van der Waals surface area contributed by atoms with E-state index >= 15 is 0 Å². The van der Waals surface area contributed by atoms with Crippen LogP contribution in [0, 0.1) is 23.0 Å². The number of nitrogens with one attached hydrogen (secondary N) is 1. The number of hydrogen-bond acceptors (Lipinski definition) is 2. The first-order chi connectivity index (χ1) is 10.0. The molecule has 0 aliphatic heterocycles. The number of nitriles is 1. The summed E-state index contributed by atoms with van der Waals surface area (Å²) in [6.45, 7) is 1.67. The summed E-state index contributed by atoms with van der Waals surface area (Å²) in [6, 6.07) is 11.1. The molecule has 2 rings (SSSR count). The van der Waals surface area contributed by atoms with Crippen LogP contribution in [0.3, 0.4) is 0 Å². The molecule has 2 aromatic carbocycles. The van der Waals surface area contributed by atoms with E-state index in [2.05, 4.69) is 5.32 Å². The Morgan fingerprint density at radius 3 is 2.38 bits per heavy atom. The maximum absolute atomic E-state index is 13.2. The molecule has 0 aliphatic rings. The van der Waals surface area contributed by atoms with E-state index in [0.717, 1.165) is 12.1 Å². The SMILES string of the molecule is C[C@@H](NC(=O)c1ccc(C#N)cc1)c1ccc(F)c(F)c1.